The summed E-state index contributed by atoms with van der Waals surface area (Å²) >= 11 is 0. The van der Waals surface area contributed by atoms with Gasteiger partial charge in [0, 0.05) is 12.1 Å². The zero-order valence-electron chi connectivity index (χ0n) is 12.8. The van der Waals surface area contributed by atoms with Crippen molar-refractivity contribution in [3.63, 3.8) is 0 Å². The fourth-order valence-electron chi connectivity index (χ4n) is 1.55. The minimum atomic E-state index is -4.40. The van der Waals surface area contributed by atoms with E-state index in [1.165, 1.54) is 18.2 Å². The number of esters is 1. The van der Waals surface area contributed by atoms with E-state index in [2.05, 4.69) is 5.32 Å². The van der Waals surface area contributed by atoms with Gasteiger partial charge in [0.15, 0.2) is 6.61 Å². The van der Waals surface area contributed by atoms with E-state index in [0.29, 0.717) is 5.56 Å². The molecule has 0 heterocycles. The molecule has 0 aromatic heterocycles. The Morgan fingerprint density at radius 3 is 2.39 bits per heavy atom. The average Bonchev–Trinajstić information content (AvgIpc) is 2.50. The lowest BCUT2D eigenvalue weighted by molar-refractivity contribution is -0.144. The predicted molar refractivity (Wildman–Crippen MR) is 79.3 cm³/mol. The molecule has 1 aromatic carbocycles. The summed E-state index contributed by atoms with van der Waals surface area (Å²) in [4.78, 5) is 22.8. The lowest BCUT2D eigenvalue weighted by atomic mass is 10.1. The number of ether oxygens (including phenoxy) is 1. The van der Waals surface area contributed by atoms with Crippen molar-refractivity contribution < 1.29 is 27.5 Å². The summed E-state index contributed by atoms with van der Waals surface area (Å²) in [5, 5.41) is 2.63. The quantitative estimate of drug-likeness (QED) is 0.644. The van der Waals surface area contributed by atoms with Crippen LogP contribution in [0.3, 0.4) is 0 Å². The highest BCUT2D eigenvalue weighted by molar-refractivity contribution is 5.89. The minimum Gasteiger partial charge on any atom is -0.452 e. The Hall–Kier alpha value is -2.31. The summed E-state index contributed by atoms with van der Waals surface area (Å²) in [5.41, 5.74) is -0.349. The number of benzene rings is 1. The van der Waals surface area contributed by atoms with E-state index in [1.54, 1.807) is 0 Å². The number of carbonyl (C=O) groups excluding carboxylic acids is 2. The topological polar surface area (TPSA) is 55.4 Å². The van der Waals surface area contributed by atoms with Crippen LogP contribution in [0.5, 0.6) is 0 Å². The smallest absolute Gasteiger partial charge is 0.416 e. The molecule has 0 bridgehead atoms. The summed E-state index contributed by atoms with van der Waals surface area (Å²) < 4.78 is 41.9. The molecule has 1 aromatic rings. The molecule has 0 saturated heterocycles. The number of hydrogen-bond acceptors (Lipinski definition) is 3. The van der Waals surface area contributed by atoms with Gasteiger partial charge in [0.2, 0.25) is 0 Å². The zero-order chi connectivity index (χ0) is 17.5. The second kappa shape index (κ2) is 8.36. The van der Waals surface area contributed by atoms with Gasteiger partial charge in [-0.05, 0) is 37.1 Å². The first kappa shape index (κ1) is 18.7. The molecule has 0 unspecified atom stereocenters. The van der Waals surface area contributed by atoms with Crippen LogP contribution >= 0.6 is 0 Å². The molecule has 1 rings (SSSR count). The summed E-state index contributed by atoms with van der Waals surface area (Å²) in [7, 11) is 0. The SMILES string of the molecule is CC[C@H](C)NC(=O)COC(=O)/C=C/c1ccc(C(F)(F)F)cc1. The number of hydrogen-bond donors (Lipinski definition) is 1. The van der Waals surface area contributed by atoms with Crippen LogP contribution in [0.2, 0.25) is 0 Å². The lowest BCUT2D eigenvalue weighted by Crippen LogP contribution is -2.35. The number of amides is 1. The molecule has 0 fully saturated rings. The maximum absolute atomic E-state index is 12.4. The molecule has 1 amide bonds. The number of halogens is 3. The molecule has 0 radical (unpaired) electrons. The van der Waals surface area contributed by atoms with Crippen molar-refractivity contribution in [3.05, 3.63) is 41.5 Å². The van der Waals surface area contributed by atoms with Gasteiger partial charge in [-0.1, -0.05) is 19.1 Å². The number of carbonyl (C=O) groups is 2. The van der Waals surface area contributed by atoms with Gasteiger partial charge in [-0.3, -0.25) is 4.79 Å². The standard InChI is InChI=1S/C16H18F3NO3/c1-3-11(2)20-14(21)10-23-15(22)9-6-12-4-7-13(8-5-12)16(17,18)19/h4-9,11H,3,10H2,1-2H3,(H,20,21)/b9-6+/t11-/m0/s1. The number of rotatable bonds is 6. The van der Waals surface area contributed by atoms with Crippen LogP contribution in [-0.4, -0.2) is 24.5 Å². The molecule has 0 saturated carbocycles. The molecule has 0 spiro atoms. The van der Waals surface area contributed by atoms with Gasteiger partial charge in [-0.2, -0.15) is 13.2 Å². The summed E-state index contributed by atoms with van der Waals surface area (Å²) in [5.74, 6) is -1.15. The van der Waals surface area contributed by atoms with Crippen molar-refractivity contribution in [2.24, 2.45) is 0 Å². The summed E-state index contributed by atoms with van der Waals surface area (Å²) in [6.45, 7) is 3.33. The molecule has 1 N–H and O–H groups in total. The number of alkyl halides is 3. The van der Waals surface area contributed by atoms with Gasteiger partial charge in [0.05, 0.1) is 5.56 Å². The molecule has 1 atom stereocenters. The maximum Gasteiger partial charge on any atom is 0.416 e. The monoisotopic (exact) mass is 329 g/mol. The van der Waals surface area contributed by atoms with Crippen molar-refractivity contribution in [3.8, 4) is 0 Å². The van der Waals surface area contributed by atoms with Gasteiger partial charge >= 0.3 is 12.1 Å². The third-order valence-electron chi connectivity index (χ3n) is 3.02. The van der Waals surface area contributed by atoms with E-state index in [0.717, 1.165) is 24.6 Å². The highest BCUT2D eigenvalue weighted by Gasteiger charge is 2.29. The first-order valence-corrected chi connectivity index (χ1v) is 7.03. The largest absolute Gasteiger partial charge is 0.452 e. The molecule has 7 heteroatoms. The number of nitrogens with one attached hydrogen (secondary N) is 1. The van der Waals surface area contributed by atoms with Crippen molar-refractivity contribution in [1.82, 2.24) is 5.32 Å². The van der Waals surface area contributed by atoms with E-state index in [1.807, 2.05) is 13.8 Å². The normalized spacial score (nSPS) is 12.9. The fourth-order valence-corrected chi connectivity index (χ4v) is 1.55. The van der Waals surface area contributed by atoms with Crippen LogP contribution in [0.4, 0.5) is 13.2 Å². The van der Waals surface area contributed by atoms with Crippen LogP contribution in [0, 0.1) is 0 Å². The van der Waals surface area contributed by atoms with E-state index in [4.69, 9.17) is 4.74 Å². The lowest BCUT2D eigenvalue weighted by Gasteiger charge is -2.10. The molecule has 126 valence electrons. The van der Waals surface area contributed by atoms with Crippen molar-refractivity contribution in [2.45, 2.75) is 32.5 Å². The third kappa shape index (κ3) is 6.99. The van der Waals surface area contributed by atoms with Crippen LogP contribution in [-0.2, 0) is 20.5 Å². The van der Waals surface area contributed by atoms with Crippen LogP contribution in [0.15, 0.2) is 30.3 Å². The molecule has 23 heavy (non-hydrogen) atoms. The van der Waals surface area contributed by atoms with Gasteiger partial charge < -0.3 is 10.1 Å². The van der Waals surface area contributed by atoms with E-state index < -0.39 is 30.2 Å². The molecule has 4 nitrogen and oxygen atoms in total. The summed E-state index contributed by atoms with van der Waals surface area (Å²) in [6.07, 6.45) is -1.27. The molecule has 0 aliphatic rings. The van der Waals surface area contributed by atoms with Gasteiger partial charge in [0.1, 0.15) is 0 Å². The first-order chi connectivity index (χ1) is 10.7. The van der Waals surface area contributed by atoms with Crippen molar-refractivity contribution in [1.29, 1.82) is 0 Å². The predicted octanol–water partition coefficient (Wildman–Crippen LogP) is 3.18. The third-order valence-corrected chi connectivity index (χ3v) is 3.02. The Morgan fingerprint density at radius 1 is 1.26 bits per heavy atom. The van der Waals surface area contributed by atoms with Crippen LogP contribution in [0.25, 0.3) is 6.08 Å². The molecule has 0 aliphatic heterocycles. The van der Waals surface area contributed by atoms with Crippen LogP contribution < -0.4 is 5.32 Å². The van der Waals surface area contributed by atoms with E-state index in [9.17, 15) is 22.8 Å². The van der Waals surface area contributed by atoms with Crippen LogP contribution in [0.1, 0.15) is 31.4 Å². The second-order valence-corrected chi connectivity index (χ2v) is 4.94. The minimum absolute atomic E-state index is 0.0103. The van der Waals surface area contributed by atoms with Gasteiger partial charge in [-0.25, -0.2) is 4.79 Å². The van der Waals surface area contributed by atoms with Gasteiger partial charge in [-0.15, -0.1) is 0 Å². The second-order valence-electron chi connectivity index (χ2n) is 4.94. The van der Waals surface area contributed by atoms with E-state index in [-0.39, 0.29) is 6.04 Å². The molecule has 0 aliphatic carbocycles. The Labute approximate surface area is 132 Å². The zero-order valence-corrected chi connectivity index (χ0v) is 12.8. The van der Waals surface area contributed by atoms with Crippen molar-refractivity contribution >= 4 is 18.0 Å². The Balaban J connectivity index is 2.48. The Bertz CT molecular complexity index is 565. The summed E-state index contributed by atoms with van der Waals surface area (Å²) in [6, 6.07) is 4.31. The Morgan fingerprint density at radius 2 is 1.87 bits per heavy atom. The fraction of sp³-hybridized carbons (Fsp3) is 0.375. The Kier molecular flexibility index (Phi) is 6.81. The van der Waals surface area contributed by atoms with Gasteiger partial charge in [0.25, 0.3) is 5.91 Å². The highest BCUT2D eigenvalue weighted by atomic mass is 19.4. The van der Waals surface area contributed by atoms with Crippen molar-refractivity contribution in [2.75, 3.05) is 6.61 Å². The van der Waals surface area contributed by atoms with E-state index >= 15 is 0 Å². The molecular formula is C16H18F3NO3. The maximum atomic E-state index is 12.4. The first-order valence-electron chi connectivity index (χ1n) is 7.03. The molecular weight excluding hydrogens is 311 g/mol. The average molecular weight is 329 g/mol. The highest BCUT2D eigenvalue weighted by Crippen LogP contribution is 2.29.